The minimum Gasteiger partial charge on any atom is -0.494 e. The molecule has 8 heteroatoms. The predicted molar refractivity (Wildman–Crippen MR) is 147 cm³/mol. The summed E-state index contributed by atoms with van der Waals surface area (Å²) in [5.41, 5.74) is 1.65. The number of ether oxygens (including phenoxy) is 1. The topological polar surface area (TPSA) is 89.6 Å². The van der Waals surface area contributed by atoms with Crippen molar-refractivity contribution in [3.05, 3.63) is 119 Å². The first kappa shape index (κ1) is 24.8. The highest BCUT2D eigenvalue weighted by molar-refractivity contribution is 5.89. The number of furan rings is 1. The first-order valence-corrected chi connectivity index (χ1v) is 12.4. The normalized spacial score (nSPS) is 11.7. The second kappa shape index (κ2) is 11.0. The van der Waals surface area contributed by atoms with Gasteiger partial charge in [0.15, 0.2) is 0 Å². The number of urea groups is 1. The molecule has 0 bridgehead atoms. The van der Waals surface area contributed by atoms with Crippen LogP contribution in [0.4, 0.5) is 10.5 Å². The van der Waals surface area contributed by atoms with Crippen molar-refractivity contribution in [2.24, 2.45) is 0 Å². The largest absolute Gasteiger partial charge is 0.494 e. The molecule has 192 valence electrons. The summed E-state index contributed by atoms with van der Waals surface area (Å²) in [6.07, 6.45) is 1.57. The molecule has 5 aromatic rings. The number of carbonyl (C=O) groups is 1. The second-order valence-electron chi connectivity index (χ2n) is 8.73. The summed E-state index contributed by atoms with van der Waals surface area (Å²) in [7, 11) is 0. The fraction of sp³-hybridized carbons (Fsp3) is 0.167. The van der Waals surface area contributed by atoms with Gasteiger partial charge in [-0.15, -0.1) is 0 Å². The minimum absolute atomic E-state index is 0.175. The maximum atomic E-state index is 13.7. The molecule has 0 aliphatic rings. The molecule has 0 aliphatic heterocycles. The van der Waals surface area contributed by atoms with Crippen molar-refractivity contribution in [1.29, 1.82) is 0 Å². The molecule has 8 nitrogen and oxygen atoms in total. The van der Waals surface area contributed by atoms with Crippen molar-refractivity contribution in [2.75, 3.05) is 11.9 Å². The van der Waals surface area contributed by atoms with Gasteiger partial charge in [-0.25, -0.2) is 9.78 Å². The zero-order chi connectivity index (χ0) is 26.5. The Morgan fingerprint density at radius 3 is 2.45 bits per heavy atom. The van der Waals surface area contributed by atoms with Gasteiger partial charge in [-0.2, -0.15) is 0 Å². The summed E-state index contributed by atoms with van der Waals surface area (Å²) in [6.45, 7) is 4.51. The van der Waals surface area contributed by atoms with E-state index >= 15 is 0 Å². The molecule has 2 heterocycles. The Morgan fingerprint density at radius 1 is 1.00 bits per heavy atom. The fourth-order valence-corrected chi connectivity index (χ4v) is 4.35. The van der Waals surface area contributed by atoms with Crippen LogP contribution in [0.3, 0.4) is 0 Å². The smallest absolute Gasteiger partial charge is 0.322 e. The molecule has 3 aromatic carbocycles. The highest BCUT2D eigenvalue weighted by Crippen LogP contribution is 2.26. The molecule has 1 unspecified atom stereocenters. The molecule has 0 radical (unpaired) electrons. The first-order valence-electron chi connectivity index (χ1n) is 12.4. The van der Waals surface area contributed by atoms with Gasteiger partial charge in [0.1, 0.15) is 17.3 Å². The van der Waals surface area contributed by atoms with Gasteiger partial charge in [-0.1, -0.05) is 30.3 Å². The van der Waals surface area contributed by atoms with Gasteiger partial charge in [-0.3, -0.25) is 9.36 Å². The van der Waals surface area contributed by atoms with Crippen molar-refractivity contribution >= 4 is 22.6 Å². The summed E-state index contributed by atoms with van der Waals surface area (Å²) < 4.78 is 12.7. The number of hydrogen-bond acceptors (Lipinski definition) is 5. The maximum absolute atomic E-state index is 13.7. The van der Waals surface area contributed by atoms with Crippen molar-refractivity contribution in [3.63, 3.8) is 0 Å². The number of nitrogens with zero attached hydrogens (tertiary/aromatic N) is 3. The number of nitrogens with one attached hydrogen (secondary N) is 1. The van der Waals surface area contributed by atoms with Crippen LogP contribution in [0.5, 0.6) is 5.75 Å². The molecular weight excluding hydrogens is 480 g/mol. The van der Waals surface area contributed by atoms with E-state index in [1.165, 1.54) is 0 Å². The van der Waals surface area contributed by atoms with E-state index in [-0.39, 0.29) is 18.1 Å². The van der Waals surface area contributed by atoms with Crippen LogP contribution in [0.1, 0.15) is 31.5 Å². The van der Waals surface area contributed by atoms with E-state index in [1.807, 2.05) is 62.4 Å². The molecule has 0 fully saturated rings. The van der Waals surface area contributed by atoms with Crippen molar-refractivity contribution < 1.29 is 13.9 Å². The number of amides is 2. The van der Waals surface area contributed by atoms with E-state index in [2.05, 4.69) is 5.32 Å². The number of rotatable bonds is 8. The number of anilines is 1. The molecule has 0 aliphatic carbocycles. The molecule has 2 aromatic heterocycles. The molecule has 5 rings (SSSR count). The van der Waals surface area contributed by atoms with Crippen LogP contribution in [-0.2, 0) is 6.54 Å². The minimum atomic E-state index is -0.597. The van der Waals surface area contributed by atoms with Crippen LogP contribution in [-0.4, -0.2) is 27.1 Å². The van der Waals surface area contributed by atoms with Gasteiger partial charge < -0.3 is 19.4 Å². The van der Waals surface area contributed by atoms with E-state index in [9.17, 15) is 9.59 Å². The van der Waals surface area contributed by atoms with E-state index in [0.717, 1.165) is 5.75 Å². The van der Waals surface area contributed by atoms with Crippen LogP contribution >= 0.6 is 0 Å². The lowest BCUT2D eigenvalue weighted by Gasteiger charge is -2.30. The molecule has 2 amide bonds. The average molecular weight is 509 g/mol. The maximum Gasteiger partial charge on any atom is 0.322 e. The van der Waals surface area contributed by atoms with Gasteiger partial charge in [0, 0.05) is 5.69 Å². The Morgan fingerprint density at radius 2 is 1.74 bits per heavy atom. The molecular formula is C30H28N4O4. The summed E-state index contributed by atoms with van der Waals surface area (Å²) in [6, 6.07) is 26.3. The summed E-state index contributed by atoms with van der Waals surface area (Å²) in [4.78, 5) is 33.9. The summed E-state index contributed by atoms with van der Waals surface area (Å²) in [5.74, 6) is 1.76. The standard InChI is InChI=1S/C30H28N4O4/c1-3-37-24-17-15-22(16-18-24)31-30(36)33(20-25-12-9-19-38-25)21(2)28-32-27-14-8-7-13-26(27)29(35)34(28)23-10-5-4-6-11-23/h4-19,21H,3,20H2,1-2H3,(H,31,36). The van der Waals surface area contributed by atoms with Gasteiger partial charge in [-0.05, 0) is 74.5 Å². The SMILES string of the molecule is CCOc1ccc(NC(=O)N(Cc2ccco2)C(C)c2nc3ccccc3c(=O)n2-c2ccccc2)cc1. The zero-order valence-electron chi connectivity index (χ0n) is 21.2. The lowest BCUT2D eigenvalue weighted by Crippen LogP contribution is -2.39. The molecule has 0 saturated heterocycles. The fourth-order valence-electron chi connectivity index (χ4n) is 4.35. The van der Waals surface area contributed by atoms with Crippen LogP contribution in [0, 0.1) is 0 Å². The summed E-state index contributed by atoms with van der Waals surface area (Å²) in [5, 5.41) is 3.46. The van der Waals surface area contributed by atoms with Gasteiger partial charge in [0.05, 0.1) is 42.0 Å². The molecule has 1 atom stereocenters. The second-order valence-corrected chi connectivity index (χ2v) is 8.73. The van der Waals surface area contributed by atoms with Crippen LogP contribution < -0.4 is 15.6 Å². The Hall–Kier alpha value is -4.85. The first-order chi connectivity index (χ1) is 18.5. The third-order valence-corrected chi connectivity index (χ3v) is 6.24. The van der Waals surface area contributed by atoms with E-state index in [4.69, 9.17) is 14.1 Å². The Labute approximate surface area is 220 Å². The molecule has 0 saturated carbocycles. The average Bonchev–Trinajstić information content (AvgIpc) is 3.46. The number of carbonyl (C=O) groups excluding carboxylic acids is 1. The van der Waals surface area contributed by atoms with Crippen molar-refractivity contribution in [1.82, 2.24) is 14.5 Å². The number of hydrogen-bond donors (Lipinski definition) is 1. The molecule has 0 spiro atoms. The lowest BCUT2D eigenvalue weighted by molar-refractivity contribution is 0.179. The van der Waals surface area contributed by atoms with Crippen LogP contribution in [0.15, 0.2) is 106 Å². The third kappa shape index (κ3) is 5.15. The highest BCUT2D eigenvalue weighted by atomic mass is 16.5. The van der Waals surface area contributed by atoms with E-state index in [0.29, 0.717) is 40.5 Å². The highest BCUT2D eigenvalue weighted by Gasteiger charge is 2.28. The number of para-hydroxylation sites is 2. The zero-order valence-corrected chi connectivity index (χ0v) is 21.2. The van der Waals surface area contributed by atoms with Crippen molar-refractivity contribution in [2.45, 2.75) is 26.4 Å². The van der Waals surface area contributed by atoms with E-state index < -0.39 is 6.04 Å². The quantitative estimate of drug-likeness (QED) is 0.271. The van der Waals surface area contributed by atoms with Gasteiger partial charge >= 0.3 is 6.03 Å². The Kier molecular flexibility index (Phi) is 7.21. The van der Waals surface area contributed by atoms with Crippen molar-refractivity contribution in [3.8, 4) is 11.4 Å². The molecule has 38 heavy (non-hydrogen) atoms. The van der Waals surface area contributed by atoms with Gasteiger partial charge in [0.25, 0.3) is 5.56 Å². The monoisotopic (exact) mass is 508 g/mol. The van der Waals surface area contributed by atoms with Crippen LogP contribution in [0.25, 0.3) is 16.6 Å². The Bertz CT molecular complexity index is 1580. The number of aromatic nitrogens is 2. The lowest BCUT2D eigenvalue weighted by atomic mass is 10.2. The van der Waals surface area contributed by atoms with Gasteiger partial charge in [0.2, 0.25) is 0 Å². The van der Waals surface area contributed by atoms with E-state index in [1.54, 1.807) is 58.2 Å². The van der Waals surface area contributed by atoms with Crippen LogP contribution in [0.2, 0.25) is 0 Å². The Balaban J connectivity index is 1.57. The number of benzene rings is 3. The number of fused-ring (bicyclic) bond motifs is 1. The summed E-state index contributed by atoms with van der Waals surface area (Å²) >= 11 is 0. The molecule has 1 N–H and O–H groups in total. The predicted octanol–water partition coefficient (Wildman–Crippen LogP) is 6.17. The third-order valence-electron chi connectivity index (χ3n) is 6.24.